The van der Waals surface area contributed by atoms with Gasteiger partial charge < -0.3 is 9.88 Å². The van der Waals surface area contributed by atoms with Crippen LogP contribution in [-0.2, 0) is 13.6 Å². The Bertz CT molecular complexity index is 1240. The van der Waals surface area contributed by atoms with Crippen molar-refractivity contribution in [2.45, 2.75) is 16.6 Å². The Morgan fingerprint density at radius 2 is 2.06 bits per heavy atom. The van der Waals surface area contributed by atoms with Gasteiger partial charge in [0.1, 0.15) is 19.0 Å². The Morgan fingerprint density at radius 3 is 2.77 bits per heavy atom. The monoisotopic (exact) mass is 436 g/mol. The largest absolute Gasteiger partial charge is 0.322 e. The van der Waals surface area contributed by atoms with Crippen LogP contribution in [0.3, 0.4) is 0 Å². The van der Waals surface area contributed by atoms with E-state index in [-0.39, 0.29) is 11.3 Å². The van der Waals surface area contributed by atoms with E-state index in [0.717, 1.165) is 17.3 Å². The number of nitrogens with zero attached hydrogens (tertiary/aromatic N) is 7. The molecule has 0 fully saturated rings. The smallest absolute Gasteiger partial charge is 0.284 e. The van der Waals surface area contributed by atoms with Gasteiger partial charge in [0.15, 0.2) is 5.16 Å². The molecule has 0 aliphatic carbocycles. The molecule has 31 heavy (non-hydrogen) atoms. The lowest BCUT2D eigenvalue weighted by molar-refractivity contribution is -0.387. The first-order valence-corrected chi connectivity index (χ1v) is 9.85. The minimum absolute atomic E-state index is 0.171. The first-order chi connectivity index (χ1) is 15.0. The summed E-state index contributed by atoms with van der Waals surface area (Å²) < 4.78 is 3.29. The molecule has 11 nitrogen and oxygen atoms in total. The van der Waals surface area contributed by atoms with E-state index in [1.54, 1.807) is 40.8 Å². The number of hydrogen-bond donors (Lipinski definition) is 1. The number of carbonyl (C=O) groups excluding carboxylic acids is 1. The van der Waals surface area contributed by atoms with E-state index < -0.39 is 10.8 Å². The van der Waals surface area contributed by atoms with Gasteiger partial charge in [-0.3, -0.25) is 14.9 Å². The van der Waals surface area contributed by atoms with Gasteiger partial charge in [-0.2, -0.15) is 5.10 Å². The molecular weight excluding hydrogens is 420 g/mol. The Morgan fingerprint density at radius 1 is 1.23 bits per heavy atom. The third kappa shape index (κ3) is 4.59. The molecule has 12 heteroatoms. The number of benzene rings is 2. The van der Waals surface area contributed by atoms with E-state index >= 15 is 0 Å². The predicted molar refractivity (Wildman–Crippen MR) is 112 cm³/mol. The van der Waals surface area contributed by atoms with Crippen LogP contribution in [0.4, 0.5) is 11.4 Å². The summed E-state index contributed by atoms with van der Waals surface area (Å²) in [5.41, 5.74) is 1.40. The lowest BCUT2D eigenvalue weighted by Gasteiger charge is -2.11. The number of nitro groups is 1. The second-order valence-corrected chi connectivity index (χ2v) is 7.48. The average Bonchev–Trinajstić information content (AvgIpc) is 3.41. The van der Waals surface area contributed by atoms with Crippen LogP contribution in [0.1, 0.15) is 15.9 Å². The fourth-order valence-corrected chi connectivity index (χ4v) is 3.66. The number of nitrogens with one attached hydrogen (secondary N) is 1. The Balaban J connectivity index is 1.57. The van der Waals surface area contributed by atoms with Crippen molar-refractivity contribution in [2.24, 2.45) is 7.05 Å². The molecule has 2 heterocycles. The molecule has 0 atom stereocenters. The number of para-hydroxylation sites is 1. The molecule has 0 unspecified atom stereocenters. The van der Waals surface area contributed by atoms with Gasteiger partial charge >= 0.3 is 0 Å². The molecule has 0 aliphatic heterocycles. The van der Waals surface area contributed by atoms with Crippen LogP contribution in [0.2, 0.25) is 0 Å². The van der Waals surface area contributed by atoms with Crippen LogP contribution in [0, 0.1) is 10.1 Å². The minimum atomic E-state index is -0.520. The fourth-order valence-electron chi connectivity index (χ4n) is 2.81. The van der Waals surface area contributed by atoms with Gasteiger partial charge in [-0.25, -0.2) is 9.67 Å². The first-order valence-electron chi connectivity index (χ1n) is 9.03. The molecule has 0 bridgehead atoms. The Kier molecular flexibility index (Phi) is 5.71. The van der Waals surface area contributed by atoms with E-state index in [2.05, 4.69) is 25.6 Å². The third-order valence-electron chi connectivity index (χ3n) is 4.35. The van der Waals surface area contributed by atoms with Crippen molar-refractivity contribution in [3.63, 3.8) is 0 Å². The van der Waals surface area contributed by atoms with Crippen molar-refractivity contribution in [1.29, 1.82) is 0 Å². The standard InChI is InChI=1S/C19H16N8O3S/c1-25-12-21-24-19(25)31-17-7-6-13(8-16(17)27(29)30)18(28)23-15-5-3-2-4-14(15)9-26-11-20-10-22-26/h2-8,10-12H,9H2,1H3,(H,23,28). The molecular formula is C19H16N8O3S. The molecule has 0 spiro atoms. The van der Waals surface area contributed by atoms with Gasteiger partial charge in [-0.1, -0.05) is 18.2 Å². The van der Waals surface area contributed by atoms with Gasteiger partial charge in [0.25, 0.3) is 11.6 Å². The topological polar surface area (TPSA) is 134 Å². The fraction of sp³-hybridized carbons (Fsp3) is 0.105. The number of rotatable bonds is 7. The summed E-state index contributed by atoms with van der Waals surface area (Å²) in [5, 5.41) is 26.7. The molecule has 0 radical (unpaired) electrons. The minimum Gasteiger partial charge on any atom is -0.322 e. The maximum absolute atomic E-state index is 12.8. The van der Waals surface area contributed by atoms with Crippen molar-refractivity contribution in [3.8, 4) is 0 Å². The molecule has 0 saturated heterocycles. The summed E-state index contributed by atoms with van der Waals surface area (Å²) in [7, 11) is 1.74. The Labute approximate surface area is 180 Å². The number of amides is 1. The highest BCUT2D eigenvalue weighted by Gasteiger charge is 2.20. The van der Waals surface area contributed by atoms with Gasteiger partial charge in [-0.05, 0) is 35.5 Å². The SMILES string of the molecule is Cn1cnnc1Sc1ccc(C(=O)Nc2ccccc2Cn2cncn2)cc1[N+](=O)[O-]. The summed E-state index contributed by atoms with van der Waals surface area (Å²) in [6.07, 6.45) is 4.52. The molecule has 156 valence electrons. The zero-order valence-electron chi connectivity index (χ0n) is 16.2. The van der Waals surface area contributed by atoms with Crippen LogP contribution < -0.4 is 5.32 Å². The normalized spacial score (nSPS) is 10.7. The van der Waals surface area contributed by atoms with Crippen molar-refractivity contribution in [3.05, 3.63) is 82.7 Å². The number of nitro benzene ring substituents is 1. The summed E-state index contributed by atoms with van der Waals surface area (Å²) >= 11 is 1.11. The maximum atomic E-state index is 12.8. The second-order valence-electron chi connectivity index (χ2n) is 6.47. The molecule has 0 aliphatic rings. The van der Waals surface area contributed by atoms with E-state index in [1.165, 1.54) is 24.8 Å². The number of hydrogen-bond acceptors (Lipinski definition) is 8. The van der Waals surface area contributed by atoms with Crippen LogP contribution in [-0.4, -0.2) is 40.4 Å². The van der Waals surface area contributed by atoms with Gasteiger partial charge in [0, 0.05) is 24.4 Å². The van der Waals surface area contributed by atoms with Crippen molar-refractivity contribution in [1.82, 2.24) is 29.5 Å². The number of aryl methyl sites for hydroxylation is 1. The van der Waals surface area contributed by atoms with Gasteiger partial charge in [0.05, 0.1) is 16.4 Å². The summed E-state index contributed by atoms with van der Waals surface area (Å²) in [6.45, 7) is 0.421. The molecule has 4 rings (SSSR count). The molecule has 2 aromatic heterocycles. The number of anilines is 1. The van der Waals surface area contributed by atoms with Crippen LogP contribution in [0.5, 0.6) is 0 Å². The second kappa shape index (κ2) is 8.75. The van der Waals surface area contributed by atoms with Crippen molar-refractivity contribution >= 4 is 29.0 Å². The number of aromatic nitrogens is 6. The summed E-state index contributed by atoms with van der Waals surface area (Å²) in [5.74, 6) is -0.454. The lowest BCUT2D eigenvalue weighted by atomic mass is 10.1. The van der Waals surface area contributed by atoms with E-state index in [9.17, 15) is 14.9 Å². The molecule has 1 N–H and O–H groups in total. The quantitative estimate of drug-likeness (QED) is 0.345. The molecule has 2 aromatic carbocycles. The van der Waals surface area contributed by atoms with E-state index in [0.29, 0.717) is 22.3 Å². The molecule has 1 amide bonds. The Hall–Kier alpha value is -4.06. The average molecular weight is 436 g/mol. The molecule has 4 aromatic rings. The zero-order valence-corrected chi connectivity index (χ0v) is 17.1. The lowest BCUT2D eigenvalue weighted by Crippen LogP contribution is -2.14. The highest BCUT2D eigenvalue weighted by molar-refractivity contribution is 7.99. The third-order valence-corrected chi connectivity index (χ3v) is 5.47. The summed E-state index contributed by atoms with van der Waals surface area (Å²) in [4.78, 5) is 28.2. The highest BCUT2D eigenvalue weighted by atomic mass is 32.2. The highest BCUT2D eigenvalue weighted by Crippen LogP contribution is 2.34. The van der Waals surface area contributed by atoms with Crippen molar-refractivity contribution in [2.75, 3.05) is 5.32 Å². The van der Waals surface area contributed by atoms with Crippen LogP contribution >= 0.6 is 11.8 Å². The maximum Gasteiger partial charge on any atom is 0.284 e. The van der Waals surface area contributed by atoms with E-state index in [1.807, 2.05) is 12.1 Å². The van der Waals surface area contributed by atoms with Crippen molar-refractivity contribution < 1.29 is 9.72 Å². The van der Waals surface area contributed by atoms with Crippen LogP contribution in [0.15, 0.2) is 71.5 Å². The van der Waals surface area contributed by atoms with Gasteiger partial charge in [0.2, 0.25) is 0 Å². The molecule has 0 saturated carbocycles. The van der Waals surface area contributed by atoms with Gasteiger partial charge in [-0.15, -0.1) is 10.2 Å². The summed E-state index contributed by atoms with van der Waals surface area (Å²) in [6, 6.07) is 11.6. The predicted octanol–water partition coefficient (Wildman–Crippen LogP) is 2.77. The van der Waals surface area contributed by atoms with Crippen LogP contribution in [0.25, 0.3) is 0 Å². The number of carbonyl (C=O) groups is 1. The zero-order chi connectivity index (χ0) is 21.8. The first kappa shape index (κ1) is 20.2. The van der Waals surface area contributed by atoms with E-state index in [4.69, 9.17) is 0 Å².